The average molecular weight is 357 g/mol. The number of fused-ring (bicyclic) bond motifs is 3. The highest BCUT2D eigenvalue weighted by Gasteiger charge is 2.19. The van der Waals surface area contributed by atoms with Gasteiger partial charge in [0.05, 0.1) is 5.39 Å². The number of aryl methyl sites for hydroxylation is 3. The SMILES string of the molecule is CC(C)c1noc(CCCNc2ncnc3sc4c(c23)CCCC4)n1. The van der Waals surface area contributed by atoms with Crippen molar-refractivity contribution in [1.82, 2.24) is 20.1 Å². The van der Waals surface area contributed by atoms with Gasteiger partial charge in [-0.1, -0.05) is 19.0 Å². The number of anilines is 1. The van der Waals surface area contributed by atoms with E-state index >= 15 is 0 Å². The maximum Gasteiger partial charge on any atom is 0.226 e. The summed E-state index contributed by atoms with van der Waals surface area (Å²) in [4.78, 5) is 16.0. The molecular weight excluding hydrogens is 334 g/mol. The summed E-state index contributed by atoms with van der Waals surface area (Å²) >= 11 is 1.83. The van der Waals surface area contributed by atoms with E-state index in [9.17, 15) is 0 Å². The van der Waals surface area contributed by atoms with Crippen molar-refractivity contribution >= 4 is 27.4 Å². The van der Waals surface area contributed by atoms with Gasteiger partial charge in [-0.25, -0.2) is 9.97 Å². The summed E-state index contributed by atoms with van der Waals surface area (Å²) in [5.74, 6) is 2.77. The van der Waals surface area contributed by atoms with Crippen LogP contribution < -0.4 is 5.32 Å². The quantitative estimate of drug-likeness (QED) is 0.669. The largest absolute Gasteiger partial charge is 0.369 e. The molecule has 0 radical (unpaired) electrons. The molecule has 3 aromatic rings. The zero-order valence-electron chi connectivity index (χ0n) is 14.7. The zero-order chi connectivity index (χ0) is 17.2. The fourth-order valence-corrected chi connectivity index (χ4v) is 4.50. The van der Waals surface area contributed by atoms with Crippen molar-refractivity contribution in [3.05, 3.63) is 28.5 Å². The lowest BCUT2D eigenvalue weighted by molar-refractivity contribution is 0.369. The van der Waals surface area contributed by atoms with Crippen LogP contribution in [-0.2, 0) is 19.3 Å². The van der Waals surface area contributed by atoms with Crippen LogP contribution in [0, 0.1) is 0 Å². The highest BCUT2D eigenvalue weighted by Crippen LogP contribution is 2.38. The number of hydrogen-bond donors (Lipinski definition) is 1. The molecule has 0 fully saturated rings. The van der Waals surface area contributed by atoms with Crippen molar-refractivity contribution in [3.63, 3.8) is 0 Å². The molecule has 0 aliphatic heterocycles. The van der Waals surface area contributed by atoms with Crippen molar-refractivity contribution < 1.29 is 4.52 Å². The molecule has 0 bridgehead atoms. The van der Waals surface area contributed by atoms with Crippen LogP contribution in [0.3, 0.4) is 0 Å². The Morgan fingerprint density at radius 1 is 1.24 bits per heavy atom. The van der Waals surface area contributed by atoms with Crippen LogP contribution in [0.1, 0.15) is 61.2 Å². The first kappa shape index (κ1) is 16.4. The molecule has 0 unspecified atom stereocenters. The second kappa shape index (κ2) is 7.07. The number of aromatic nitrogens is 4. The van der Waals surface area contributed by atoms with Crippen molar-refractivity contribution in [2.24, 2.45) is 0 Å². The Morgan fingerprint density at radius 3 is 2.96 bits per heavy atom. The van der Waals surface area contributed by atoms with E-state index < -0.39 is 0 Å². The van der Waals surface area contributed by atoms with E-state index in [4.69, 9.17) is 4.52 Å². The van der Waals surface area contributed by atoms with E-state index in [2.05, 4.69) is 39.3 Å². The number of rotatable bonds is 6. The van der Waals surface area contributed by atoms with E-state index in [0.717, 1.165) is 42.3 Å². The third-order valence-electron chi connectivity index (χ3n) is 4.61. The van der Waals surface area contributed by atoms with Gasteiger partial charge in [-0.05, 0) is 37.7 Å². The molecule has 1 N–H and O–H groups in total. The molecule has 3 aromatic heterocycles. The van der Waals surface area contributed by atoms with Gasteiger partial charge in [0.25, 0.3) is 0 Å². The topological polar surface area (TPSA) is 76.7 Å². The molecule has 0 amide bonds. The van der Waals surface area contributed by atoms with Gasteiger partial charge in [-0.2, -0.15) is 4.98 Å². The van der Waals surface area contributed by atoms with E-state index in [1.54, 1.807) is 6.33 Å². The van der Waals surface area contributed by atoms with Gasteiger partial charge in [0.1, 0.15) is 17.0 Å². The molecule has 1 aliphatic carbocycles. The number of thiophene rings is 1. The molecule has 4 rings (SSSR count). The summed E-state index contributed by atoms with van der Waals surface area (Å²) < 4.78 is 5.30. The first-order valence-corrected chi connectivity index (χ1v) is 9.85. The van der Waals surface area contributed by atoms with Crippen molar-refractivity contribution in [2.75, 3.05) is 11.9 Å². The minimum Gasteiger partial charge on any atom is -0.369 e. The third kappa shape index (κ3) is 3.38. The Labute approximate surface area is 151 Å². The summed E-state index contributed by atoms with van der Waals surface area (Å²) in [5, 5.41) is 8.74. The molecule has 0 saturated carbocycles. The molecule has 1 aliphatic rings. The zero-order valence-corrected chi connectivity index (χ0v) is 15.5. The lowest BCUT2D eigenvalue weighted by Gasteiger charge is -2.12. The Hall–Kier alpha value is -2.02. The van der Waals surface area contributed by atoms with Gasteiger partial charge >= 0.3 is 0 Å². The Morgan fingerprint density at radius 2 is 2.12 bits per heavy atom. The van der Waals surface area contributed by atoms with Gasteiger partial charge in [-0.15, -0.1) is 11.3 Å². The Bertz CT molecular complexity index is 870. The molecule has 3 heterocycles. The van der Waals surface area contributed by atoms with Crippen LogP contribution in [0.25, 0.3) is 10.2 Å². The monoisotopic (exact) mass is 357 g/mol. The first-order chi connectivity index (χ1) is 12.2. The van der Waals surface area contributed by atoms with Crippen LogP contribution in [0.4, 0.5) is 5.82 Å². The lowest BCUT2D eigenvalue weighted by Crippen LogP contribution is -2.07. The van der Waals surface area contributed by atoms with Crippen LogP contribution in [0.5, 0.6) is 0 Å². The number of hydrogen-bond acceptors (Lipinski definition) is 7. The summed E-state index contributed by atoms with van der Waals surface area (Å²) in [6.07, 6.45) is 8.27. The molecule has 25 heavy (non-hydrogen) atoms. The average Bonchev–Trinajstić information content (AvgIpc) is 3.23. The van der Waals surface area contributed by atoms with Crippen LogP contribution in [-0.4, -0.2) is 26.7 Å². The molecule has 0 saturated heterocycles. The minimum atomic E-state index is 0.301. The van der Waals surface area contributed by atoms with Gasteiger partial charge in [0, 0.05) is 23.8 Å². The van der Waals surface area contributed by atoms with E-state index in [0.29, 0.717) is 11.8 Å². The maximum absolute atomic E-state index is 5.30. The second-order valence-electron chi connectivity index (χ2n) is 6.84. The Balaban J connectivity index is 1.41. The predicted molar refractivity (Wildman–Crippen MR) is 99.3 cm³/mol. The lowest BCUT2D eigenvalue weighted by atomic mass is 9.97. The van der Waals surface area contributed by atoms with Crippen molar-refractivity contribution in [2.45, 2.75) is 58.3 Å². The molecular formula is C18H23N5OS. The van der Waals surface area contributed by atoms with Gasteiger partial charge in [-0.3, -0.25) is 0 Å². The first-order valence-electron chi connectivity index (χ1n) is 9.04. The third-order valence-corrected chi connectivity index (χ3v) is 5.81. The second-order valence-corrected chi connectivity index (χ2v) is 7.93. The summed E-state index contributed by atoms with van der Waals surface area (Å²) in [5.41, 5.74) is 1.47. The van der Waals surface area contributed by atoms with Crippen LogP contribution in [0.2, 0.25) is 0 Å². The van der Waals surface area contributed by atoms with Crippen LogP contribution >= 0.6 is 11.3 Å². The molecule has 6 nitrogen and oxygen atoms in total. The van der Waals surface area contributed by atoms with Crippen LogP contribution in [0.15, 0.2) is 10.9 Å². The van der Waals surface area contributed by atoms with Crippen molar-refractivity contribution in [1.29, 1.82) is 0 Å². The fraction of sp³-hybridized carbons (Fsp3) is 0.556. The standard InChI is InChI=1S/C18H23N5OS/c1-11(2)16-22-14(24-23-16)8-5-9-19-17-15-12-6-3-4-7-13(12)25-18(15)21-10-20-17/h10-11H,3-9H2,1-2H3,(H,19,20,21). The number of nitrogens with one attached hydrogen (secondary N) is 1. The van der Waals surface area contributed by atoms with E-state index in [1.165, 1.54) is 35.1 Å². The van der Waals surface area contributed by atoms with Gasteiger partial charge in [0.2, 0.25) is 5.89 Å². The van der Waals surface area contributed by atoms with Gasteiger partial charge < -0.3 is 9.84 Å². The molecule has 0 spiro atoms. The smallest absolute Gasteiger partial charge is 0.226 e. The van der Waals surface area contributed by atoms with E-state index in [-0.39, 0.29) is 0 Å². The number of nitrogens with zero attached hydrogens (tertiary/aromatic N) is 4. The molecule has 132 valence electrons. The summed E-state index contributed by atoms with van der Waals surface area (Å²) in [6.45, 7) is 4.96. The normalized spacial score (nSPS) is 14.2. The van der Waals surface area contributed by atoms with Gasteiger partial charge in [0.15, 0.2) is 5.82 Å². The summed E-state index contributed by atoms with van der Waals surface area (Å²) in [6, 6.07) is 0. The van der Waals surface area contributed by atoms with E-state index in [1.807, 2.05) is 11.3 Å². The molecule has 0 aromatic carbocycles. The highest BCUT2D eigenvalue weighted by atomic mass is 32.1. The van der Waals surface area contributed by atoms with Crippen molar-refractivity contribution in [3.8, 4) is 0 Å². The predicted octanol–water partition coefficient (Wildman–Crippen LogP) is 4.12. The maximum atomic E-state index is 5.30. The summed E-state index contributed by atoms with van der Waals surface area (Å²) in [7, 11) is 0. The Kier molecular flexibility index (Phi) is 4.65. The fourth-order valence-electron chi connectivity index (χ4n) is 3.27. The molecule has 0 atom stereocenters. The minimum absolute atomic E-state index is 0.301. The highest BCUT2D eigenvalue weighted by molar-refractivity contribution is 7.19. The molecule has 7 heteroatoms.